The van der Waals surface area contributed by atoms with Gasteiger partial charge in [-0.2, -0.15) is 0 Å². The minimum atomic E-state index is -0.105. The zero-order valence-electron chi connectivity index (χ0n) is 15.4. The van der Waals surface area contributed by atoms with E-state index < -0.39 is 0 Å². The van der Waals surface area contributed by atoms with Crippen molar-refractivity contribution in [3.63, 3.8) is 0 Å². The minimum Gasteiger partial charge on any atom is -0.385 e. The molecular weight excluding hydrogens is 317 g/mol. The molecule has 25 heavy (non-hydrogen) atoms. The summed E-state index contributed by atoms with van der Waals surface area (Å²) in [4.78, 5) is 4.84. The molecule has 2 unspecified atom stereocenters. The van der Waals surface area contributed by atoms with Crippen LogP contribution in [0.25, 0.3) is 0 Å². The van der Waals surface area contributed by atoms with Gasteiger partial charge in [-0.3, -0.25) is 4.99 Å². The lowest BCUT2D eigenvalue weighted by Crippen LogP contribution is -2.41. The van der Waals surface area contributed by atoms with Gasteiger partial charge in [0.05, 0.1) is 0 Å². The zero-order valence-corrected chi connectivity index (χ0v) is 15.4. The molecule has 2 aliphatic carbocycles. The van der Waals surface area contributed by atoms with Crippen molar-refractivity contribution < 1.29 is 9.13 Å². The average molecular weight is 347 g/mol. The van der Waals surface area contributed by atoms with Crippen molar-refractivity contribution in [1.29, 1.82) is 0 Å². The summed E-state index contributed by atoms with van der Waals surface area (Å²) < 4.78 is 19.2. The fraction of sp³-hybridized carbons (Fsp3) is 0.650. The quantitative estimate of drug-likeness (QED) is 0.559. The predicted molar refractivity (Wildman–Crippen MR) is 99.4 cm³/mol. The Balaban J connectivity index is 1.57. The van der Waals surface area contributed by atoms with Gasteiger partial charge in [-0.25, -0.2) is 4.39 Å². The second-order valence-electron chi connectivity index (χ2n) is 7.41. The number of guanidine groups is 1. The molecule has 0 saturated heterocycles. The van der Waals surface area contributed by atoms with Gasteiger partial charge >= 0.3 is 0 Å². The van der Waals surface area contributed by atoms with Crippen molar-refractivity contribution in [2.75, 3.05) is 26.8 Å². The first-order valence-corrected chi connectivity index (χ1v) is 9.46. The monoisotopic (exact) mass is 347 g/mol. The van der Waals surface area contributed by atoms with Crippen molar-refractivity contribution in [3.05, 3.63) is 35.6 Å². The van der Waals surface area contributed by atoms with E-state index in [9.17, 15) is 4.39 Å². The highest BCUT2D eigenvalue weighted by Gasteiger charge is 2.41. The first kappa shape index (κ1) is 18.2. The number of nitrogens with zero attached hydrogens (tertiary/aromatic N) is 1. The Morgan fingerprint density at radius 1 is 1.36 bits per heavy atom. The minimum absolute atomic E-state index is 0.105. The molecule has 138 valence electrons. The van der Waals surface area contributed by atoms with Gasteiger partial charge in [-0.15, -0.1) is 0 Å². The molecule has 1 aromatic rings. The summed E-state index contributed by atoms with van der Waals surface area (Å²) in [6.07, 6.45) is 5.80. The molecule has 5 heteroatoms. The number of rotatable bonds is 8. The molecule has 2 atom stereocenters. The van der Waals surface area contributed by atoms with E-state index in [1.54, 1.807) is 19.2 Å². The van der Waals surface area contributed by atoms with E-state index in [-0.39, 0.29) is 17.8 Å². The fourth-order valence-corrected chi connectivity index (χ4v) is 3.70. The first-order valence-electron chi connectivity index (χ1n) is 9.46. The Morgan fingerprint density at radius 3 is 2.80 bits per heavy atom. The van der Waals surface area contributed by atoms with Gasteiger partial charge in [-0.05, 0) is 49.7 Å². The topological polar surface area (TPSA) is 45.7 Å². The maximum absolute atomic E-state index is 13.9. The lowest BCUT2D eigenvalue weighted by atomic mass is 9.67. The molecule has 3 rings (SSSR count). The highest BCUT2D eigenvalue weighted by Crippen LogP contribution is 2.44. The molecule has 0 aromatic heterocycles. The smallest absolute Gasteiger partial charge is 0.191 e. The number of aliphatic imine (C=N–C) groups is 1. The Kier molecular flexibility index (Phi) is 5.94. The number of benzene rings is 1. The van der Waals surface area contributed by atoms with Gasteiger partial charge in [0, 0.05) is 38.8 Å². The van der Waals surface area contributed by atoms with E-state index in [2.05, 4.69) is 17.6 Å². The van der Waals surface area contributed by atoms with E-state index in [0.717, 1.165) is 44.1 Å². The summed E-state index contributed by atoms with van der Waals surface area (Å²) in [5.74, 6) is 0.998. The van der Waals surface area contributed by atoms with Crippen LogP contribution in [-0.2, 0) is 4.74 Å². The Labute approximate surface area is 150 Å². The molecular formula is C20H30FN3O. The van der Waals surface area contributed by atoms with Crippen molar-refractivity contribution in [2.45, 2.75) is 51.0 Å². The molecule has 0 amide bonds. The summed E-state index contributed by atoms with van der Waals surface area (Å²) in [5.41, 5.74) is 1.12. The van der Waals surface area contributed by atoms with E-state index in [0.29, 0.717) is 5.41 Å². The average Bonchev–Trinajstić information content (AvgIpc) is 3.33. The van der Waals surface area contributed by atoms with Crippen molar-refractivity contribution in [2.24, 2.45) is 10.4 Å². The molecule has 0 heterocycles. The lowest BCUT2D eigenvalue weighted by Gasteiger charge is -2.40. The third-order valence-corrected chi connectivity index (χ3v) is 5.58. The van der Waals surface area contributed by atoms with Gasteiger partial charge in [0.2, 0.25) is 0 Å². The van der Waals surface area contributed by atoms with Crippen LogP contribution in [0.4, 0.5) is 4.39 Å². The van der Waals surface area contributed by atoms with Crippen LogP contribution in [0.15, 0.2) is 29.3 Å². The van der Waals surface area contributed by atoms with Gasteiger partial charge in [0.15, 0.2) is 5.96 Å². The SMILES string of the molecule is CCNC(=NCC1(CCOC)CCC1)NC1CC1c1ccccc1F. The Morgan fingerprint density at radius 2 is 2.16 bits per heavy atom. The molecule has 0 radical (unpaired) electrons. The Hall–Kier alpha value is -1.62. The number of methoxy groups -OCH3 is 1. The molecule has 0 aliphatic heterocycles. The number of ether oxygens (including phenoxy) is 1. The first-order chi connectivity index (χ1) is 12.2. The predicted octanol–water partition coefficient (Wildman–Crippen LogP) is 3.44. The van der Waals surface area contributed by atoms with Gasteiger partial charge in [-0.1, -0.05) is 24.6 Å². The third kappa shape index (κ3) is 4.51. The molecule has 2 saturated carbocycles. The van der Waals surface area contributed by atoms with Crippen molar-refractivity contribution in [3.8, 4) is 0 Å². The number of hydrogen-bond donors (Lipinski definition) is 2. The van der Waals surface area contributed by atoms with Crippen molar-refractivity contribution >= 4 is 5.96 Å². The van der Waals surface area contributed by atoms with Gasteiger partial charge < -0.3 is 15.4 Å². The van der Waals surface area contributed by atoms with E-state index >= 15 is 0 Å². The van der Waals surface area contributed by atoms with Crippen LogP contribution in [0, 0.1) is 11.2 Å². The molecule has 0 spiro atoms. The number of nitrogens with one attached hydrogen (secondary N) is 2. The molecule has 4 nitrogen and oxygen atoms in total. The summed E-state index contributed by atoms with van der Waals surface area (Å²) in [7, 11) is 1.76. The van der Waals surface area contributed by atoms with Crippen LogP contribution in [0.5, 0.6) is 0 Å². The Bertz CT molecular complexity index is 600. The normalized spacial score (nSPS) is 24.5. The van der Waals surface area contributed by atoms with Gasteiger partial charge in [0.25, 0.3) is 0 Å². The van der Waals surface area contributed by atoms with Crippen LogP contribution in [-0.4, -0.2) is 38.8 Å². The molecule has 2 N–H and O–H groups in total. The maximum atomic E-state index is 13.9. The van der Waals surface area contributed by atoms with Crippen molar-refractivity contribution in [1.82, 2.24) is 10.6 Å². The molecule has 2 aliphatic rings. The standard InChI is InChI=1S/C20H30FN3O/c1-3-22-19(23-14-20(9-6-10-20)11-12-25-2)24-18-13-16(18)15-7-4-5-8-17(15)21/h4-5,7-8,16,18H,3,6,9-14H2,1-2H3,(H2,22,23,24). The van der Waals surface area contributed by atoms with Crippen LogP contribution in [0.1, 0.15) is 50.5 Å². The van der Waals surface area contributed by atoms with Crippen LogP contribution < -0.4 is 10.6 Å². The van der Waals surface area contributed by atoms with E-state index in [1.165, 1.54) is 19.3 Å². The third-order valence-electron chi connectivity index (χ3n) is 5.58. The summed E-state index contributed by atoms with van der Waals surface area (Å²) >= 11 is 0. The largest absolute Gasteiger partial charge is 0.385 e. The summed E-state index contributed by atoms with van der Waals surface area (Å²) in [6.45, 7) is 4.54. The molecule has 1 aromatic carbocycles. The fourth-order valence-electron chi connectivity index (χ4n) is 3.70. The van der Waals surface area contributed by atoms with Gasteiger partial charge in [0.1, 0.15) is 5.82 Å². The zero-order chi connectivity index (χ0) is 17.7. The van der Waals surface area contributed by atoms with E-state index in [4.69, 9.17) is 9.73 Å². The summed E-state index contributed by atoms with van der Waals surface area (Å²) in [6, 6.07) is 7.35. The summed E-state index contributed by atoms with van der Waals surface area (Å²) in [5, 5.41) is 6.82. The van der Waals surface area contributed by atoms with Crippen LogP contribution in [0.2, 0.25) is 0 Å². The molecule has 0 bridgehead atoms. The lowest BCUT2D eigenvalue weighted by molar-refractivity contribution is 0.0778. The highest BCUT2D eigenvalue weighted by molar-refractivity contribution is 5.80. The number of hydrogen-bond acceptors (Lipinski definition) is 2. The second kappa shape index (κ2) is 8.17. The highest BCUT2D eigenvalue weighted by atomic mass is 19.1. The van der Waals surface area contributed by atoms with Crippen LogP contribution >= 0.6 is 0 Å². The van der Waals surface area contributed by atoms with Crippen LogP contribution in [0.3, 0.4) is 0 Å². The molecule has 2 fully saturated rings. The van der Waals surface area contributed by atoms with E-state index in [1.807, 2.05) is 12.1 Å². The second-order valence-corrected chi connectivity index (χ2v) is 7.41. The number of halogens is 1. The maximum Gasteiger partial charge on any atom is 0.191 e.